The van der Waals surface area contributed by atoms with Crippen LogP contribution in [0.2, 0.25) is 0 Å². The van der Waals surface area contributed by atoms with Gasteiger partial charge in [0.2, 0.25) is 0 Å². The SMILES string of the molecule is CC/C=C\C/C=C\C/C=C\C/C=C\C/C=C\CCCCCCCCCCCCCCCCCCCCCC(=O)OCC(O)COP(=O)(O)OCC(O)COP(=O)(O)OCC(COC(=O)CCCCCCCCCCC/C=C\C/C=C\C/C=C\C/C=C\C/C=C\CC)OC(=O)CCCCCCC/C=C\C/C=C\C/C=C\C/C=C\CCCCC. The summed E-state index contributed by atoms with van der Waals surface area (Å²) in [4.78, 5) is 59.0. The van der Waals surface area contributed by atoms with Gasteiger partial charge in [-0.3, -0.25) is 32.5 Å². The van der Waals surface area contributed by atoms with Gasteiger partial charge in [0.15, 0.2) is 6.10 Å². The third-order valence-corrected chi connectivity index (χ3v) is 21.3. The van der Waals surface area contributed by atoms with Crippen molar-refractivity contribution in [3.8, 4) is 0 Å². The molecule has 117 heavy (non-hydrogen) atoms. The van der Waals surface area contributed by atoms with Crippen LogP contribution < -0.4 is 0 Å². The Hall–Kier alpha value is -5.09. The Bertz CT molecular complexity index is 2810. The van der Waals surface area contributed by atoms with E-state index in [9.17, 15) is 43.5 Å². The summed E-state index contributed by atoms with van der Waals surface area (Å²) < 4.78 is 61.5. The van der Waals surface area contributed by atoms with Crippen LogP contribution in [0.4, 0.5) is 0 Å². The van der Waals surface area contributed by atoms with Crippen molar-refractivity contribution in [2.45, 2.75) is 399 Å². The van der Waals surface area contributed by atoms with E-state index in [1.54, 1.807) is 0 Å². The summed E-state index contributed by atoms with van der Waals surface area (Å²) in [7, 11) is -9.82. The lowest BCUT2D eigenvalue weighted by Crippen LogP contribution is -2.30. The third-order valence-electron chi connectivity index (χ3n) is 19.4. The van der Waals surface area contributed by atoms with Crippen molar-refractivity contribution >= 4 is 33.6 Å². The lowest BCUT2D eigenvalue weighted by molar-refractivity contribution is -0.161. The number of phosphoric ester groups is 2. The highest BCUT2D eigenvalue weighted by Crippen LogP contribution is 2.45. The highest BCUT2D eigenvalue weighted by atomic mass is 31.2. The van der Waals surface area contributed by atoms with Crippen LogP contribution in [0.3, 0.4) is 0 Å². The smallest absolute Gasteiger partial charge is 0.463 e. The Kier molecular flexibility index (Phi) is 86.2. The summed E-state index contributed by atoms with van der Waals surface area (Å²) in [5, 5.41) is 20.7. The van der Waals surface area contributed by atoms with Crippen molar-refractivity contribution in [2.75, 3.05) is 39.6 Å². The molecule has 5 atom stereocenters. The van der Waals surface area contributed by atoms with E-state index >= 15 is 0 Å². The number of ether oxygens (including phenoxy) is 3. The quantitative estimate of drug-likeness (QED) is 0.0146. The molecule has 0 spiro atoms. The van der Waals surface area contributed by atoms with Gasteiger partial charge >= 0.3 is 33.6 Å². The molecule has 0 aromatic rings. The van der Waals surface area contributed by atoms with E-state index in [1.165, 1.54) is 148 Å². The summed E-state index contributed by atoms with van der Waals surface area (Å²) in [5.74, 6) is -1.60. The summed E-state index contributed by atoms with van der Waals surface area (Å²) in [5.41, 5.74) is 0. The van der Waals surface area contributed by atoms with Crippen LogP contribution >= 0.6 is 15.6 Å². The van der Waals surface area contributed by atoms with Gasteiger partial charge in [0.1, 0.15) is 25.4 Å². The molecule has 670 valence electrons. The second kappa shape index (κ2) is 90.2. The molecule has 0 heterocycles. The number of hydrogen-bond donors (Lipinski definition) is 4. The van der Waals surface area contributed by atoms with Gasteiger partial charge < -0.3 is 34.2 Å². The average molecular weight is 1680 g/mol. The van der Waals surface area contributed by atoms with Crippen LogP contribution in [-0.4, -0.2) is 95.9 Å². The van der Waals surface area contributed by atoms with E-state index in [2.05, 4.69) is 191 Å². The lowest BCUT2D eigenvalue weighted by atomic mass is 10.0. The molecule has 5 unspecified atom stereocenters. The molecule has 4 N–H and O–H groups in total. The number of carbonyl (C=O) groups excluding carboxylic acids is 3. The van der Waals surface area contributed by atoms with Crippen molar-refractivity contribution in [3.05, 3.63) is 170 Å². The van der Waals surface area contributed by atoms with Gasteiger partial charge in [-0.15, -0.1) is 0 Å². The molecule has 0 saturated carbocycles. The number of carbonyl (C=O) groups is 3. The second-order valence-electron chi connectivity index (χ2n) is 30.7. The maximum atomic E-state index is 13.1. The zero-order valence-corrected chi connectivity index (χ0v) is 75.6. The van der Waals surface area contributed by atoms with Gasteiger partial charge in [-0.05, 0) is 154 Å². The predicted molar refractivity (Wildman–Crippen MR) is 491 cm³/mol. The molecule has 0 amide bonds. The second-order valence-corrected chi connectivity index (χ2v) is 33.6. The molecule has 0 aliphatic heterocycles. The molecule has 0 saturated heterocycles. The van der Waals surface area contributed by atoms with E-state index in [-0.39, 0.29) is 19.3 Å². The Morgan fingerprint density at radius 2 is 0.453 bits per heavy atom. The molecule has 16 nitrogen and oxygen atoms in total. The summed E-state index contributed by atoms with van der Waals surface area (Å²) in [6.45, 7) is 2.44. The number of esters is 3. The van der Waals surface area contributed by atoms with Crippen LogP contribution in [0, 0.1) is 0 Å². The largest absolute Gasteiger partial charge is 0.472 e. The minimum absolute atomic E-state index is 0.0780. The maximum Gasteiger partial charge on any atom is 0.472 e. The van der Waals surface area contributed by atoms with Crippen molar-refractivity contribution in [1.29, 1.82) is 0 Å². The molecule has 18 heteroatoms. The molecule has 0 fully saturated rings. The number of allylic oxidation sites excluding steroid dienone is 28. The normalized spacial score (nSPS) is 14.6. The molecule has 0 aromatic carbocycles. The molecule has 0 rings (SSSR count). The van der Waals surface area contributed by atoms with E-state index < -0.39 is 91.5 Å². The van der Waals surface area contributed by atoms with Gasteiger partial charge in [0.25, 0.3) is 0 Å². The minimum Gasteiger partial charge on any atom is -0.463 e. The zero-order chi connectivity index (χ0) is 85.1. The number of unbranched alkanes of at least 4 members (excludes halogenated alkanes) is 36. The van der Waals surface area contributed by atoms with E-state index in [4.69, 9.17) is 32.3 Å². The first-order valence-electron chi connectivity index (χ1n) is 46.4. The van der Waals surface area contributed by atoms with Crippen LogP contribution in [0.5, 0.6) is 0 Å². The molecule has 0 bridgehead atoms. The first-order chi connectivity index (χ1) is 57.2. The number of aliphatic hydroxyl groups excluding tert-OH is 2. The lowest BCUT2D eigenvalue weighted by Gasteiger charge is -2.21. The number of hydrogen-bond acceptors (Lipinski definition) is 14. The Morgan fingerprint density at radius 3 is 0.718 bits per heavy atom. The highest BCUT2D eigenvalue weighted by molar-refractivity contribution is 7.47. The maximum absolute atomic E-state index is 13.1. The van der Waals surface area contributed by atoms with Crippen LogP contribution in [-0.2, 0) is 55.8 Å². The summed E-state index contributed by atoms with van der Waals surface area (Å²) >= 11 is 0. The van der Waals surface area contributed by atoms with Gasteiger partial charge in [-0.25, -0.2) is 9.13 Å². The zero-order valence-electron chi connectivity index (χ0n) is 73.8. The van der Waals surface area contributed by atoms with E-state index in [0.717, 1.165) is 173 Å². The average Bonchev–Trinajstić information content (AvgIpc) is 0.900. The molecule has 0 aromatic heterocycles. The Labute approximate surface area is 713 Å². The number of rotatable bonds is 87. The van der Waals surface area contributed by atoms with Gasteiger partial charge in [0.05, 0.1) is 26.4 Å². The molecule has 0 aliphatic carbocycles. The van der Waals surface area contributed by atoms with Gasteiger partial charge in [-0.2, -0.15) is 0 Å². The van der Waals surface area contributed by atoms with Crippen LogP contribution in [0.15, 0.2) is 170 Å². The molecule has 0 aliphatic rings. The Balaban J connectivity index is 4.54. The van der Waals surface area contributed by atoms with E-state index in [0.29, 0.717) is 19.3 Å². The highest BCUT2D eigenvalue weighted by Gasteiger charge is 2.29. The minimum atomic E-state index is -4.95. The van der Waals surface area contributed by atoms with Gasteiger partial charge in [0, 0.05) is 19.3 Å². The monoisotopic (exact) mass is 1680 g/mol. The fourth-order valence-electron chi connectivity index (χ4n) is 12.4. The topological polar surface area (TPSA) is 231 Å². The molecule has 0 radical (unpaired) electrons. The first kappa shape index (κ1) is 112. The summed E-state index contributed by atoms with van der Waals surface area (Å²) in [6.07, 6.45) is 117. The number of phosphoric acid groups is 2. The van der Waals surface area contributed by atoms with Crippen LogP contribution in [0.25, 0.3) is 0 Å². The first-order valence-corrected chi connectivity index (χ1v) is 49.4. The molecular formula is C99H168O16P2. The van der Waals surface area contributed by atoms with Crippen molar-refractivity contribution < 1.29 is 75.8 Å². The van der Waals surface area contributed by atoms with Crippen LogP contribution in [0.1, 0.15) is 380 Å². The standard InChI is InChI=1S/C99H168O16P2/c1-4-7-10-13-16-19-22-25-28-31-34-37-39-41-42-43-44-45-46-47-48-49-50-52-54-56-58-61-64-67-70-73-76-79-82-85-97(102)109-88-94(100)89-111-116(105,106)112-90-95(101)91-113-117(107,108)114-93-96(115-99(104)87-84-81-78-75-72-69-66-63-60-55-36-33-30-27-24-21-18-15-12-9-6-3)92-110-98(103)86-83-80-77-74-71-68-65-62-59-57-53-51-40-38-35-32-29-26-23-20-17-14-11-8-5-2/h7-8,10-11,16-21,25-30,34-38,41-42,51,53,55,63,66,94-96,100-101H,4-6,9,12-15,22-24,31-33,39-40,43-50,52,54,56-62,64-65,67-93H2,1-3H3,(H,105,106)(H,107,108)/b10-7-,11-8-,19-16-,20-17-,21-18-,28-25-,29-26-,30-27-,37-34-,38-35-,42-41-,53-51-,55-36-,66-63-. The van der Waals surface area contributed by atoms with Crippen molar-refractivity contribution in [1.82, 2.24) is 0 Å². The van der Waals surface area contributed by atoms with Gasteiger partial charge in [-0.1, -0.05) is 377 Å². The van der Waals surface area contributed by atoms with Crippen molar-refractivity contribution in [3.63, 3.8) is 0 Å². The van der Waals surface area contributed by atoms with E-state index in [1.807, 2.05) is 0 Å². The Morgan fingerprint density at radius 1 is 0.248 bits per heavy atom. The van der Waals surface area contributed by atoms with Crippen molar-refractivity contribution in [2.24, 2.45) is 0 Å². The third kappa shape index (κ3) is 91.5. The number of aliphatic hydroxyl groups is 2. The molecular weight excluding hydrogens is 1510 g/mol. The predicted octanol–water partition coefficient (Wildman–Crippen LogP) is 28.7. The fraction of sp³-hybridized carbons (Fsp3) is 0.687. The summed E-state index contributed by atoms with van der Waals surface area (Å²) in [6, 6.07) is 0. The fourth-order valence-corrected chi connectivity index (χ4v) is 14.0.